The zero-order valence-corrected chi connectivity index (χ0v) is 12.1. The van der Waals surface area contributed by atoms with Crippen LogP contribution >= 0.6 is 27.3 Å². The summed E-state index contributed by atoms with van der Waals surface area (Å²) in [4.78, 5) is 18.3. The van der Waals surface area contributed by atoms with Crippen molar-refractivity contribution in [3.05, 3.63) is 18.2 Å². The minimum Gasteiger partial charge on any atom is -0.494 e. The Bertz CT molecular complexity index is 613. The topological polar surface area (TPSA) is 42.4 Å². The molecule has 0 bridgehead atoms. The normalized spacial score (nSPS) is 19.8. The second-order valence-corrected chi connectivity index (χ2v) is 6.41. The summed E-state index contributed by atoms with van der Waals surface area (Å²) in [5, 5.41) is 0.751. The number of halogens is 1. The van der Waals surface area contributed by atoms with E-state index in [2.05, 4.69) is 20.9 Å². The van der Waals surface area contributed by atoms with Crippen molar-refractivity contribution < 1.29 is 9.53 Å². The van der Waals surface area contributed by atoms with Gasteiger partial charge in [0.25, 0.3) is 0 Å². The first-order valence-corrected chi connectivity index (χ1v) is 7.30. The Morgan fingerprint density at radius 3 is 3.06 bits per heavy atom. The molecule has 1 fully saturated rings. The molecule has 1 amide bonds. The molecule has 3 rings (SSSR count). The lowest BCUT2D eigenvalue weighted by Gasteiger charge is -2.10. The molecule has 6 heteroatoms. The lowest BCUT2D eigenvalue weighted by Crippen LogP contribution is -2.24. The molecule has 1 atom stereocenters. The van der Waals surface area contributed by atoms with Crippen molar-refractivity contribution in [1.82, 2.24) is 4.98 Å². The van der Waals surface area contributed by atoms with Crippen LogP contribution in [0.4, 0.5) is 5.13 Å². The van der Waals surface area contributed by atoms with E-state index >= 15 is 0 Å². The Balaban J connectivity index is 2.06. The molecule has 1 aromatic heterocycles. The van der Waals surface area contributed by atoms with Crippen molar-refractivity contribution >= 4 is 48.5 Å². The highest BCUT2D eigenvalue weighted by molar-refractivity contribution is 9.09. The van der Waals surface area contributed by atoms with Crippen molar-refractivity contribution in [3.63, 3.8) is 0 Å². The van der Waals surface area contributed by atoms with E-state index < -0.39 is 0 Å². The third kappa shape index (κ3) is 1.89. The summed E-state index contributed by atoms with van der Waals surface area (Å²) in [5.41, 5.74) is 0.825. The number of hydrogen-bond acceptors (Lipinski definition) is 4. The predicted molar refractivity (Wildman–Crippen MR) is 75.9 cm³/mol. The van der Waals surface area contributed by atoms with Gasteiger partial charge in [-0.25, -0.2) is 4.98 Å². The molecule has 94 valence electrons. The van der Waals surface area contributed by atoms with Gasteiger partial charge in [0.05, 0.1) is 11.8 Å². The van der Waals surface area contributed by atoms with Gasteiger partial charge in [-0.15, -0.1) is 0 Å². The fourth-order valence-corrected chi connectivity index (χ4v) is 3.62. The van der Waals surface area contributed by atoms with Crippen molar-refractivity contribution in [1.29, 1.82) is 0 Å². The second kappa shape index (κ2) is 4.51. The monoisotopic (exact) mass is 326 g/mol. The summed E-state index contributed by atoms with van der Waals surface area (Å²) in [7, 11) is 1.63. The molecule has 1 aromatic carbocycles. The first-order chi connectivity index (χ1) is 8.69. The largest absolute Gasteiger partial charge is 0.494 e. The van der Waals surface area contributed by atoms with Crippen LogP contribution in [0.1, 0.15) is 6.42 Å². The van der Waals surface area contributed by atoms with Gasteiger partial charge in [0.2, 0.25) is 5.91 Å². The van der Waals surface area contributed by atoms with E-state index in [1.54, 1.807) is 12.0 Å². The fraction of sp³-hybridized carbons (Fsp3) is 0.333. The summed E-state index contributed by atoms with van der Waals surface area (Å²) in [6.45, 7) is 0.682. The van der Waals surface area contributed by atoms with Gasteiger partial charge in [-0.2, -0.15) is 0 Å². The molecule has 4 nitrogen and oxygen atoms in total. The number of rotatable bonds is 2. The lowest BCUT2D eigenvalue weighted by atomic mass is 10.3. The van der Waals surface area contributed by atoms with Crippen LogP contribution in [-0.2, 0) is 4.79 Å². The quantitative estimate of drug-likeness (QED) is 0.797. The molecule has 0 spiro atoms. The zero-order valence-electron chi connectivity index (χ0n) is 9.72. The molecule has 0 radical (unpaired) electrons. The highest BCUT2D eigenvalue weighted by atomic mass is 79.9. The van der Waals surface area contributed by atoms with Crippen LogP contribution in [-0.4, -0.2) is 29.4 Å². The fourth-order valence-electron chi connectivity index (χ4n) is 2.04. The Labute approximate surface area is 117 Å². The van der Waals surface area contributed by atoms with E-state index in [4.69, 9.17) is 4.74 Å². The third-order valence-corrected chi connectivity index (χ3v) is 4.56. The molecule has 1 aliphatic heterocycles. The van der Waals surface area contributed by atoms with Gasteiger partial charge in [-0.1, -0.05) is 33.3 Å². The average molecular weight is 327 g/mol. The Kier molecular flexibility index (Phi) is 2.99. The summed E-state index contributed by atoms with van der Waals surface area (Å²) in [5.74, 6) is 0.868. The van der Waals surface area contributed by atoms with Gasteiger partial charge < -0.3 is 4.74 Å². The molecule has 2 aromatic rings. The molecule has 0 N–H and O–H groups in total. The Morgan fingerprint density at radius 2 is 2.39 bits per heavy atom. The smallest absolute Gasteiger partial charge is 0.230 e. The summed E-state index contributed by atoms with van der Waals surface area (Å²) >= 11 is 5.00. The maximum atomic E-state index is 11.8. The SMILES string of the molecule is COc1cccc2sc(N3CC(Br)CC3=O)nc12. The van der Waals surface area contributed by atoms with Crippen molar-refractivity contribution in [2.75, 3.05) is 18.6 Å². The Morgan fingerprint density at radius 1 is 1.56 bits per heavy atom. The number of thiazole rings is 1. The maximum Gasteiger partial charge on any atom is 0.230 e. The van der Waals surface area contributed by atoms with Gasteiger partial charge in [-0.05, 0) is 12.1 Å². The first-order valence-electron chi connectivity index (χ1n) is 5.57. The molecule has 1 saturated heterocycles. The van der Waals surface area contributed by atoms with Gasteiger partial charge in [-0.3, -0.25) is 9.69 Å². The number of anilines is 1. The minimum atomic E-state index is 0.120. The number of carbonyl (C=O) groups excluding carboxylic acids is 1. The number of ether oxygens (including phenoxy) is 1. The van der Waals surface area contributed by atoms with Gasteiger partial charge in [0, 0.05) is 17.8 Å². The molecule has 0 saturated carbocycles. The van der Waals surface area contributed by atoms with E-state index in [0.29, 0.717) is 13.0 Å². The average Bonchev–Trinajstić information content (AvgIpc) is 2.91. The van der Waals surface area contributed by atoms with E-state index in [9.17, 15) is 4.79 Å². The van der Waals surface area contributed by atoms with Gasteiger partial charge in [0.1, 0.15) is 11.3 Å². The molecular weight excluding hydrogens is 316 g/mol. The number of hydrogen-bond donors (Lipinski definition) is 0. The zero-order chi connectivity index (χ0) is 12.7. The maximum absolute atomic E-state index is 11.8. The van der Waals surface area contributed by atoms with Crippen LogP contribution in [0.2, 0.25) is 0 Å². The third-order valence-electron chi connectivity index (χ3n) is 2.90. The van der Waals surface area contributed by atoms with Gasteiger partial charge in [0.15, 0.2) is 5.13 Å². The van der Waals surface area contributed by atoms with Crippen LogP contribution < -0.4 is 9.64 Å². The van der Waals surface area contributed by atoms with Crippen LogP contribution in [0.3, 0.4) is 0 Å². The number of aromatic nitrogens is 1. The number of benzene rings is 1. The van der Waals surface area contributed by atoms with Crippen LogP contribution in [0.15, 0.2) is 18.2 Å². The lowest BCUT2D eigenvalue weighted by molar-refractivity contribution is -0.117. The number of carbonyl (C=O) groups is 1. The van der Waals surface area contributed by atoms with E-state index in [0.717, 1.165) is 21.1 Å². The number of alkyl halides is 1. The summed E-state index contributed by atoms with van der Waals surface area (Å²) in [6.07, 6.45) is 0.535. The molecule has 1 unspecified atom stereocenters. The molecular formula is C12H11BrN2O2S. The van der Waals surface area contributed by atoms with Crippen molar-refractivity contribution in [2.24, 2.45) is 0 Å². The van der Waals surface area contributed by atoms with E-state index in [1.807, 2.05) is 18.2 Å². The van der Waals surface area contributed by atoms with Crippen LogP contribution in [0, 0.1) is 0 Å². The number of amides is 1. The second-order valence-electron chi connectivity index (χ2n) is 4.11. The van der Waals surface area contributed by atoms with Crippen LogP contribution in [0.5, 0.6) is 5.75 Å². The van der Waals surface area contributed by atoms with Crippen molar-refractivity contribution in [2.45, 2.75) is 11.2 Å². The number of fused-ring (bicyclic) bond motifs is 1. The Hall–Kier alpha value is -1.14. The number of methoxy groups -OCH3 is 1. The predicted octanol–water partition coefficient (Wildman–Crippen LogP) is 2.81. The highest BCUT2D eigenvalue weighted by Gasteiger charge is 2.31. The van der Waals surface area contributed by atoms with E-state index in [-0.39, 0.29) is 10.7 Å². The first kappa shape index (κ1) is 11.9. The van der Waals surface area contributed by atoms with Crippen LogP contribution in [0.25, 0.3) is 10.2 Å². The number of para-hydroxylation sites is 1. The standard InChI is InChI=1S/C12H11BrN2O2S/c1-17-8-3-2-4-9-11(8)14-12(18-9)15-6-7(13)5-10(15)16/h2-4,7H,5-6H2,1H3. The van der Waals surface area contributed by atoms with Gasteiger partial charge >= 0.3 is 0 Å². The molecule has 1 aliphatic rings. The molecule has 18 heavy (non-hydrogen) atoms. The highest BCUT2D eigenvalue weighted by Crippen LogP contribution is 2.36. The minimum absolute atomic E-state index is 0.120. The van der Waals surface area contributed by atoms with Crippen molar-refractivity contribution in [3.8, 4) is 5.75 Å². The number of nitrogens with zero attached hydrogens (tertiary/aromatic N) is 2. The summed E-state index contributed by atoms with van der Waals surface area (Å²) in [6, 6.07) is 5.80. The summed E-state index contributed by atoms with van der Waals surface area (Å²) < 4.78 is 6.32. The van der Waals surface area contributed by atoms with E-state index in [1.165, 1.54) is 11.3 Å². The molecule has 0 aliphatic carbocycles. The molecule has 2 heterocycles.